The SMILES string of the molecule is COc1ccc(C(=O)Oc2ccc3c(=O)c(Oc4ccc(-c5ccccc5)cc4)c(C(F)(F)F)oc3c2)cc1OC. The predicted molar refractivity (Wildman–Crippen MR) is 144 cm³/mol. The molecule has 0 amide bonds. The molecule has 5 rings (SSSR count). The van der Waals surface area contributed by atoms with Gasteiger partial charge in [0.15, 0.2) is 11.5 Å². The van der Waals surface area contributed by atoms with Crippen LogP contribution in [0.25, 0.3) is 22.1 Å². The van der Waals surface area contributed by atoms with Crippen molar-refractivity contribution in [3.63, 3.8) is 0 Å². The molecule has 0 fully saturated rings. The van der Waals surface area contributed by atoms with Crippen LogP contribution in [0.5, 0.6) is 28.7 Å². The van der Waals surface area contributed by atoms with Gasteiger partial charge >= 0.3 is 12.1 Å². The maximum atomic E-state index is 14.0. The number of hydrogen-bond acceptors (Lipinski definition) is 7. The smallest absolute Gasteiger partial charge is 0.453 e. The quantitative estimate of drug-likeness (QED) is 0.150. The van der Waals surface area contributed by atoms with Gasteiger partial charge in [-0.1, -0.05) is 42.5 Å². The lowest BCUT2D eigenvalue weighted by atomic mass is 10.1. The average Bonchev–Trinajstić information content (AvgIpc) is 2.98. The van der Waals surface area contributed by atoms with Crippen LogP contribution < -0.4 is 24.4 Å². The summed E-state index contributed by atoms with van der Waals surface area (Å²) in [6, 6.07) is 23.4. The second kappa shape index (κ2) is 11.1. The number of carbonyl (C=O) groups is 1. The molecule has 41 heavy (non-hydrogen) atoms. The summed E-state index contributed by atoms with van der Waals surface area (Å²) in [5.41, 5.74) is 0.343. The maximum Gasteiger partial charge on any atom is 0.453 e. The highest BCUT2D eigenvalue weighted by atomic mass is 19.4. The molecule has 10 heteroatoms. The van der Waals surface area contributed by atoms with Gasteiger partial charge in [-0.25, -0.2) is 4.79 Å². The molecule has 0 radical (unpaired) electrons. The summed E-state index contributed by atoms with van der Waals surface area (Å²) in [5, 5.41) is -0.195. The molecule has 0 N–H and O–H groups in total. The van der Waals surface area contributed by atoms with E-state index in [4.69, 9.17) is 23.4 Å². The number of alkyl halides is 3. The van der Waals surface area contributed by atoms with Crippen LogP contribution in [0.4, 0.5) is 13.2 Å². The molecule has 0 aliphatic rings. The van der Waals surface area contributed by atoms with Crippen molar-refractivity contribution in [2.45, 2.75) is 6.18 Å². The van der Waals surface area contributed by atoms with Crippen LogP contribution in [0.3, 0.4) is 0 Å². The van der Waals surface area contributed by atoms with Crippen LogP contribution in [0.1, 0.15) is 16.1 Å². The van der Waals surface area contributed by atoms with Crippen molar-refractivity contribution in [2.24, 2.45) is 0 Å². The molecule has 1 heterocycles. The highest BCUT2D eigenvalue weighted by Crippen LogP contribution is 2.39. The number of fused-ring (bicyclic) bond motifs is 1. The Hall–Kier alpha value is -5.25. The molecular formula is C31H21F3O7. The lowest BCUT2D eigenvalue weighted by molar-refractivity contribution is -0.154. The van der Waals surface area contributed by atoms with Crippen LogP contribution in [-0.4, -0.2) is 20.2 Å². The summed E-state index contributed by atoms with van der Waals surface area (Å²) < 4.78 is 68.1. The lowest BCUT2D eigenvalue weighted by Crippen LogP contribution is -2.15. The van der Waals surface area contributed by atoms with Crippen molar-refractivity contribution in [3.8, 4) is 39.9 Å². The van der Waals surface area contributed by atoms with Gasteiger partial charge in [-0.05, 0) is 53.6 Å². The normalized spacial score (nSPS) is 11.2. The first-order valence-electron chi connectivity index (χ1n) is 12.1. The Kier molecular flexibility index (Phi) is 7.39. The first kappa shape index (κ1) is 27.3. The first-order valence-corrected chi connectivity index (χ1v) is 12.1. The highest BCUT2D eigenvalue weighted by Gasteiger charge is 2.40. The third-order valence-corrected chi connectivity index (χ3v) is 6.09. The molecule has 5 aromatic rings. The third kappa shape index (κ3) is 5.72. The largest absolute Gasteiger partial charge is 0.493 e. The maximum absolute atomic E-state index is 14.0. The zero-order chi connectivity index (χ0) is 29.1. The number of hydrogen-bond donors (Lipinski definition) is 0. The number of rotatable bonds is 7. The van der Waals surface area contributed by atoms with E-state index in [0.717, 1.165) is 17.2 Å². The average molecular weight is 562 g/mol. The minimum absolute atomic E-state index is 0.0160. The molecule has 7 nitrogen and oxygen atoms in total. The molecule has 4 aromatic carbocycles. The number of ether oxygens (including phenoxy) is 4. The van der Waals surface area contributed by atoms with E-state index >= 15 is 0 Å². The Morgan fingerprint density at radius 1 is 0.756 bits per heavy atom. The Balaban J connectivity index is 1.46. The van der Waals surface area contributed by atoms with E-state index in [1.807, 2.05) is 30.3 Å². The van der Waals surface area contributed by atoms with Gasteiger partial charge in [-0.3, -0.25) is 4.79 Å². The predicted octanol–water partition coefficient (Wildman–Crippen LogP) is 7.51. The minimum atomic E-state index is -5.06. The summed E-state index contributed by atoms with van der Waals surface area (Å²) in [6.07, 6.45) is -5.06. The number of carbonyl (C=O) groups excluding carboxylic acids is 1. The second-order valence-electron chi connectivity index (χ2n) is 8.70. The molecule has 0 atom stereocenters. The van der Waals surface area contributed by atoms with E-state index in [1.54, 1.807) is 12.1 Å². The minimum Gasteiger partial charge on any atom is -0.493 e. The molecule has 0 unspecified atom stereocenters. The van der Waals surface area contributed by atoms with Crippen LogP contribution in [-0.2, 0) is 6.18 Å². The number of methoxy groups -OCH3 is 2. The van der Waals surface area contributed by atoms with Crippen LogP contribution in [0.15, 0.2) is 100 Å². The van der Waals surface area contributed by atoms with Gasteiger partial charge in [-0.2, -0.15) is 13.2 Å². The van der Waals surface area contributed by atoms with Crippen LogP contribution in [0, 0.1) is 0 Å². The van der Waals surface area contributed by atoms with Gasteiger partial charge < -0.3 is 23.4 Å². The fourth-order valence-electron chi connectivity index (χ4n) is 4.09. The third-order valence-electron chi connectivity index (χ3n) is 6.09. The van der Waals surface area contributed by atoms with E-state index in [2.05, 4.69) is 0 Å². The Morgan fingerprint density at radius 3 is 2.07 bits per heavy atom. The molecular weight excluding hydrogens is 541 g/mol. The number of benzene rings is 4. The zero-order valence-electron chi connectivity index (χ0n) is 21.7. The van der Waals surface area contributed by atoms with Crippen molar-refractivity contribution < 1.29 is 41.3 Å². The summed E-state index contributed by atoms with van der Waals surface area (Å²) in [7, 11) is 2.83. The van der Waals surface area contributed by atoms with Crippen LogP contribution in [0.2, 0.25) is 0 Å². The molecule has 0 saturated heterocycles. The molecule has 0 saturated carbocycles. The molecule has 0 bridgehead atoms. The topological polar surface area (TPSA) is 84.2 Å². The van der Waals surface area contributed by atoms with Crippen molar-refractivity contribution in [1.82, 2.24) is 0 Å². The van der Waals surface area contributed by atoms with Crippen LogP contribution >= 0.6 is 0 Å². The number of esters is 1. The Bertz CT molecular complexity index is 1780. The van der Waals surface area contributed by atoms with E-state index < -0.39 is 34.7 Å². The molecule has 0 spiro atoms. The zero-order valence-corrected chi connectivity index (χ0v) is 21.7. The van der Waals surface area contributed by atoms with Gasteiger partial charge in [0.25, 0.3) is 5.76 Å². The van der Waals surface area contributed by atoms with Crippen molar-refractivity contribution in [1.29, 1.82) is 0 Å². The number of halogens is 3. The molecule has 1 aromatic heterocycles. The molecule has 0 aliphatic carbocycles. The van der Waals surface area contributed by atoms with E-state index in [-0.39, 0.29) is 28.2 Å². The molecule has 0 aliphatic heterocycles. The lowest BCUT2D eigenvalue weighted by Gasteiger charge is -2.14. The summed E-state index contributed by atoms with van der Waals surface area (Å²) in [5.74, 6) is -2.90. The van der Waals surface area contributed by atoms with Gasteiger partial charge in [-0.15, -0.1) is 0 Å². The summed E-state index contributed by atoms with van der Waals surface area (Å²) in [4.78, 5) is 25.8. The van der Waals surface area contributed by atoms with Gasteiger partial charge in [0, 0.05) is 6.07 Å². The van der Waals surface area contributed by atoms with E-state index in [1.165, 1.54) is 56.7 Å². The first-order chi connectivity index (χ1) is 19.7. The van der Waals surface area contributed by atoms with Gasteiger partial charge in [0.2, 0.25) is 11.2 Å². The van der Waals surface area contributed by atoms with Gasteiger partial charge in [0.05, 0.1) is 25.2 Å². The van der Waals surface area contributed by atoms with E-state index in [0.29, 0.717) is 5.75 Å². The fraction of sp³-hybridized carbons (Fsp3) is 0.0968. The Labute approximate surface area is 231 Å². The summed E-state index contributed by atoms with van der Waals surface area (Å²) >= 11 is 0. The van der Waals surface area contributed by atoms with Crippen molar-refractivity contribution in [3.05, 3.63) is 113 Å². The summed E-state index contributed by atoms with van der Waals surface area (Å²) in [6.45, 7) is 0. The van der Waals surface area contributed by atoms with E-state index in [9.17, 15) is 22.8 Å². The second-order valence-corrected chi connectivity index (χ2v) is 8.70. The highest BCUT2D eigenvalue weighted by molar-refractivity contribution is 5.92. The standard InChI is InChI=1S/C31H21F3O7/c1-37-24-15-10-20(16-26(24)38-2)30(36)40-22-13-14-23-25(17-22)41-29(31(32,33)34)28(27(23)35)39-21-11-8-19(9-12-21)18-6-4-3-5-7-18/h3-17H,1-2H3. The Morgan fingerprint density at radius 2 is 1.41 bits per heavy atom. The van der Waals surface area contributed by atoms with Gasteiger partial charge in [0.1, 0.15) is 17.1 Å². The van der Waals surface area contributed by atoms with Crippen molar-refractivity contribution in [2.75, 3.05) is 14.2 Å². The fourth-order valence-corrected chi connectivity index (χ4v) is 4.09. The monoisotopic (exact) mass is 562 g/mol. The molecule has 208 valence electrons. The van der Waals surface area contributed by atoms with Crippen molar-refractivity contribution >= 4 is 16.9 Å².